The molecule has 0 bridgehead atoms. The highest BCUT2D eigenvalue weighted by molar-refractivity contribution is 6.22. The lowest BCUT2D eigenvalue weighted by Crippen LogP contribution is -2.31. The van der Waals surface area contributed by atoms with Gasteiger partial charge in [0.05, 0.1) is 17.3 Å². The minimum absolute atomic E-state index is 0.136. The summed E-state index contributed by atoms with van der Waals surface area (Å²) in [5.74, 6) is 0.0976. The molecule has 0 radical (unpaired) electrons. The Balaban J connectivity index is 2.13. The average molecular weight is 214 g/mol. The number of allylic oxidation sites excluding steroid dienone is 4. The molecule has 16 heavy (non-hydrogen) atoms. The molecule has 0 fully saturated rings. The van der Waals surface area contributed by atoms with E-state index in [9.17, 15) is 4.79 Å². The van der Waals surface area contributed by atoms with Gasteiger partial charge in [-0.05, 0) is 19.4 Å². The lowest BCUT2D eigenvalue weighted by molar-refractivity contribution is -0.116. The average Bonchev–Trinajstić information content (AvgIpc) is 2.68. The quantitative estimate of drug-likeness (QED) is 0.662. The fraction of sp³-hybridized carbons (Fsp3) is 0.385. The van der Waals surface area contributed by atoms with Crippen molar-refractivity contribution >= 4 is 11.5 Å². The zero-order valence-corrected chi connectivity index (χ0v) is 9.50. The highest BCUT2D eigenvalue weighted by Crippen LogP contribution is 2.30. The largest absolute Gasteiger partial charge is 0.307 e. The lowest BCUT2D eigenvalue weighted by atomic mass is 9.82. The summed E-state index contributed by atoms with van der Waals surface area (Å²) >= 11 is 0. The van der Waals surface area contributed by atoms with Crippen LogP contribution in [0.15, 0.2) is 39.6 Å². The van der Waals surface area contributed by atoms with Gasteiger partial charge in [-0.1, -0.05) is 17.7 Å². The maximum Gasteiger partial charge on any atom is 0.174 e. The Kier molecular flexibility index (Phi) is 1.98. The maximum absolute atomic E-state index is 12.3. The van der Waals surface area contributed by atoms with E-state index >= 15 is 0 Å². The number of hydrogen-bond acceptors (Lipinski definition) is 3. The van der Waals surface area contributed by atoms with E-state index in [2.05, 4.69) is 16.4 Å². The van der Waals surface area contributed by atoms with Gasteiger partial charge in [-0.25, -0.2) is 0 Å². The predicted octanol–water partition coefficient (Wildman–Crippen LogP) is 1.39. The summed E-state index contributed by atoms with van der Waals surface area (Å²) in [6.45, 7) is 5.47. The number of nitrogens with zero attached hydrogens (tertiary/aromatic N) is 1. The summed E-state index contributed by atoms with van der Waals surface area (Å²) in [6.07, 6.45) is 4.12. The van der Waals surface area contributed by atoms with Crippen LogP contribution in [0.1, 0.15) is 13.8 Å². The van der Waals surface area contributed by atoms with E-state index in [1.807, 2.05) is 19.9 Å². The molecule has 3 aliphatic rings. The van der Waals surface area contributed by atoms with Crippen LogP contribution in [0, 0.1) is 5.92 Å². The number of fused-ring (bicyclic) bond motifs is 1. The summed E-state index contributed by atoms with van der Waals surface area (Å²) < 4.78 is 0. The smallest absolute Gasteiger partial charge is 0.174 e. The number of rotatable bonds is 0. The van der Waals surface area contributed by atoms with Crippen molar-refractivity contribution in [2.45, 2.75) is 13.8 Å². The lowest BCUT2D eigenvalue weighted by Gasteiger charge is -2.24. The van der Waals surface area contributed by atoms with Crippen molar-refractivity contribution in [1.82, 2.24) is 5.32 Å². The van der Waals surface area contributed by atoms with Gasteiger partial charge < -0.3 is 5.32 Å². The third-order valence-electron chi connectivity index (χ3n) is 3.35. The van der Waals surface area contributed by atoms with Crippen LogP contribution >= 0.6 is 0 Å². The molecule has 1 N–H and O–H groups in total. The molecule has 3 rings (SSSR count). The zero-order chi connectivity index (χ0) is 11.3. The molecule has 1 unspecified atom stereocenters. The van der Waals surface area contributed by atoms with Crippen LogP contribution in [-0.2, 0) is 4.79 Å². The van der Waals surface area contributed by atoms with Gasteiger partial charge >= 0.3 is 0 Å². The normalized spacial score (nSPS) is 28.2. The van der Waals surface area contributed by atoms with Crippen LogP contribution in [0.5, 0.6) is 0 Å². The summed E-state index contributed by atoms with van der Waals surface area (Å²) in [5, 5.41) is 3.19. The minimum atomic E-state index is -0.136. The molecule has 0 spiro atoms. The van der Waals surface area contributed by atoms with Crippen molar-refractivity contribution in [3.05, 3.63) is 34.6 Å². The second-order valence-corrected chi connectivity index (χ2v) is 4.61. The molecule has 0 aromatic carbocycles. The van der Waals surface area contributed by atoms with E-state index in [-0.39, 0.29) is 11.7 Å². The van der Waals surface area contributed by atoms with Crippen molar-refractivity contribution in [2.24, 2.45) is 10.9 Å². The highest BCUT2D eigenvalue weighted by Gasteiger charge is 2.35. The van der Waals surface area contributed by atoms with Gasteiger partial charge in [-0.3, -0.25) is 9.79 Å². The van der Waals surface area contributed by atoms with Crippen LogP contribution < -0.4 is 5.32 Å². The van der Waals surface area contributed by atoms with E-state index < -0.39 is 0 Å². The third kappa shape index (κ3) is 1.25. The van der Waals surface area contributed by atoms with Gasteiger partial charge in [0, 0.05) is 18.7 Å². The molecule has 3 heteroatoms. The van der Waals surface area contributed by atoms with E-state index in [4.69, 9.17) is 0 Å². The van der Waals surface area contributed by atoms with Gasteiger partial charge in [-0.15, -0.1) is 0 Å². The zero-order valence-electron chi connectivity index (χ0n) is 9.50. The molecule has 1 aliphatic carbocycles. The van der Waals surface area contributed by atoms with Crippen molar-refractivity contribution in [1.29, 1.82) is 0 Å². The fourth-order valence-corrected chi connectivity index (χ4v) is 2.59. The fourth-order valence-electron chi connectivity index (χ4n) is 2.59. The van der Waals surface area contributed by atoms with Crippen LogP contribution in [0.4, 0.5) is 0 Å². The number of carbonyl (C=O) groups is 1. The van der Waals surface area contributed by atoms with Gasteiger partial charge in [0.2, 0.25) is 0 Å². The molecule has 3 nitrogen and oxygen atoms in total. The number of carbonyl (C=O) groups excluding carboxylic acids is 1. The SMILES string of the molecule is CC1=CC2C(=O)C3=C(CNC3)N=C2C(C)=C1. The molecule has 0 amide bonds. The minimum Gasteiger partial charge on any atom is -0.307 e. The molecule has 2 aliphatic heterocycles. The van der Waals surface area contributed by atoms with Crippen LogP contribution in [0.2, 0.25) is 0 Å². The summed E-state index contributed by atoms with van der Waals surface area (Å²) in [5.41, 5.74) is 5.05. The summed E-state index contributed by atoms with van der Waals surface area (Å²) in [4.78, 5) is 16.9. The van der Waals surface area contributed by atoms with E-state index in [1.165, 1.54) is 0 Å². The Labute approximate surface area is 94.6 Å². The Morgan fingerprint density at radius 3 is 3.00 bits per heavy atom. The Hall–Kier alpha value is -1.48. The molecule has 0 saturated carbocycles. The Morgan fingerprint density at radius 2 is 2.19 bits per heavy atom. The van der Waals surface area contributed by atoms with Crippen molar-refractivity contribution in [3.8, 4) is 0 Å². The van der Waals surface area contributed by atoms with Crippen molar-refractivity contribution < 1.29 is 4.79 Å². The second kappa shape index (κ2) is 3.25. The Morgan fingerprint density at radius 1 is 1.38 bits per heavy atom. The predicted molar refractivity (Wildman–Crippen MR) is 63.3 cm³/mol. The van der Waals surface area contributed by atoms with Crippen LogP contribution in [-0.4, -0.2) is 24.6 Å². The number of ketones is 1. The monoisotopic (exact) mass is 214 g/mol. The molecule has 0 aromatic rings. The first-order valence-corrected chi connectivity index (χ1v) is 5.59. The number of Topliss-reactive ketones (excluding diaryl/α,β-unsaturated/α-hetero) is 1. The molecule has 1 atom stereocenters. The standard InChI is InChI=1S/C13H14N2O/c1-7-3-8(2)12-9(4-7)13(16)10-5-14-6-11(10)15-12/h3-4,9,14H,5-6H2,1-2H3. The first kappa shape index (κ1) is 9.73. The molecule has 82 valence electrons. The van der Waals surface area contributed by atoms with Crippen LogP contribution in [0.25, 0.3) is 0 Å². The molecular weight excluding hydrogens is 200 g/mol. The number of aliphatic imine (C=N–C) groups is 1. The highest BCUT2D eigenvalue weighted by atomic mass is 16.1. The molecule has 2 heterocycles. The summed E-state index contributed by atoms with van der Waals surface area (Å²) in [7, 11) is 0. The van der Waals surface area contributed by atoms with Gasteiger partial charge in [-0.2, -0.15) is 0 Å². The van der Waals surface area contributed by atoms with Crippen LogP contribution in [0.3, 0.4) is 0 Å². The number of hydrogen-bond donors (Lipinski definition) is 1. The van der Waals surface area contributed by atoms with Crippen molar-refractivity contribution in [2.75, 3.05) is 13.1 Å². The number of nitrogens with one attached hydrogen (secondary N) is 1. The summed E-state index contributed by atoms with van der Waals surface area (Å²) in [6, 6.07) is 0. The van der Waals surface area contributed by atoms with E-state index in [1.54, 1.807) is 0 Å². The third-order valence-corrected chi connectivity index (χ3v) is 3.35. The Bertz CT molecular complexity index is 506. The topological polar surface area (TPSA) is 41.5 Å². The van der Waals surface area contributed by atoms with E-state index in [0.29, 0.717) is 6.54 Å². The molecular formula is C13H14N2O. The first-order valence-electron chi connectivity index (χ1n) is 5.59. The molecule has 0 saturated heterocycles. The maximum atomic E-state index is 12.3. The van der Waals surface area contributed by atoms with Gasteiger partial charge in [0.25, 0.3) is 0 Å². The first-order chi connectivity index (χ1) is 7.66. The molecule has 0 aromatic heterocycles. The second-order valence-electron chi connectivity index (χ2n) is 4.61. The van der Waals surface area contributed by atoms with Gasteiger partial charge in [0.15, 0.2) is 5.78 Å². The van der Waals surface area contributed by atoms with Gasteiger partial charge in [0.1, 0.15) is 0 Å². The van der Waals surface area contributed by atoms with Crippen molar-refractivity contribution in [3.63, 3.8) is 0 Å². The van der Waals surface area contributed by atoms with E-state index in [0.717, 1.165) is 34.7 Å².